The molecule has 0 spiro atoms. The predicted molar refractivity (Wildman–Crippen MR) is 95.0 cm³/mol. The molecule has 4 rings (SSSR count). The van der Waals surface area contributed by atoms with Crippen LogP contribution in [0, 0.1) is 0 Å². The van der Waals surface area contributed by atoms with E-state index in [-0.39, 0.29) is 5.03 Å². The molecule has 24 heavy (non-hydrogen) atoms. The number of aromatic nitrogens is 2. The summed E-state index contributed by atoms with van der Waals surface area (Å²) in [5.74, 6) is 0. The number of nitrogens with one attached hydrogen (secondary N) is 1. The van der Waals surface area contributed by atoms with Gasteiger partial charge in [0.1, 0.15) is 0 Å². The Morgan fingerprint density at radius 3 is 2.75 bits per heavy atom. The number of anilines is 1. The predicted octanol–water partition coefficient (Wildman–Crippen LogP) is 1.94. The fourth-order valence-corrected chi connectivity index (χ4v) is 4.60. The molecule has 9 heteroatoms. The highest BCUT2D eigenvalue weighted by atomic mass is 32.2. The normalized spacial score (nSPS) is 16.8. The van der Waals surface area contributed by atoms with Gasteiger partial charge in [0, 0.05) is 30.9 Å². The molecule has 2 aliphatic heterocycles. The Labute approximate surface area is 144 Å². The monoisotopic (exact) mass is 361 g/mol. The van der Waals surface area contributed by atoms with E-state index in [2.05, 4.69) is 25.0 Å². The quantitative estimate of drug-likeness (QED) is 0.900. The lowest BCUT2D eigenvalue weighted by Crippen LogP contribution is -2.19. The number of benzene rings is 1. The van der Waals surface area contributed by atoms with E-state index in [1.54, 1.807) is 35.5 Å². The number of imidazole rings is 1. The zero-order valence-electron chi connectivity index (χ0n) is 12.9. The summed E-state index contributed by atoms with van der Waals surface area (Å²) in [6.07, 6.45) is 2.92. The number of amidine groups is 1. The zero-order valence-corrected chi connectivity index (χ0v) is 14.5. The van der Waals surface area contributed by atoms with Crippen LogP contribution in [-0.4, -0.2) is 41.1 Å². The van der Waals surface area contributed by atoms with E-state index in [1.165, 1.54) is 12.5 Å². The number of thioether (sulfide) groups is 1. The first kappa shape index (κ1) is 15.3. The lowest BCUT2D eigenvalue weighted by molar-refractivity contribution is 0.598. The van der Waals surface area contributed by atoms with Gasteiger partial charge in [0.05, 0.1) is 18.6 Å². The van der Waals surface area contributed by atoms with E-state index in [0.717, 1.165) is 29.5 Å². The molecule has 0 saturated heterocycles. The minimum absolute atomic E-state index is 0.00176. The standard InChI is InChI=1S/C15H15N5O2S2/c1-19-8-14(17-10-19)24(21,22)18-12-4-2-11(3-5-12)13-9-23-15-16-6-7-20(13)15/h2-5,8-10,18H,6-7H2,1H3. The van der Waals surface area contributed by atoms with Crippen LogP contribution in [-0.2, 0) is 17.1 Å². The highest BCUT2D eigenvalue weighted by Crippen LogP contribution is 2.35. The lowest BCUT2D eigenvalue weighted by atomic mass is 10.1. The fourth-order valence-electron chi connectivity index (χ4n) is 2.59. The molecular formula is C15H15N5O2S2. The van der Waals surface area contributed by atoms with Crippen LogP contribution in [0.25, 0.3) is 5.70 Å². The minimum atomic E-state index is -3.67. The van der Waals surface area contributed by atoms with Crippen molar-refractivity contribution in [3.63, 3.8) is 0 Å². The number of hydrogen-bond acceptors (Lipinski definition) is 6. The van der Waals surface area contributed by atoms with Gasteiger partial charge in [-0.25, -0.2) is 4.98 Å². The third-order valence-corrected chi connectivity index (χ3v) is 5.93. The second-order valence-corrected chi connectivity index (χ2v) is 7.96. The Bertz CT molecular complexity index is 944. The Kier molecular flexibility index (Phi) is 3.61. The third kappa shape index (κ3) is 2.69. The highest BCUT2D eigenvalue weighted by molar-refractivity contribution is 8.16. The van der Waals surface area contributed by atoms with Gasteiger partial charge < -0.3 is 9.47 Å². The summed E-state index contributed by atoms with van der Waals surface area (Å²) in [6, 6.07) is 7.33. The molecule has 2 aliphatic rings. The number of aryl methyl sites for hydroxylation is 1. The summed E-state index contributed by atoms with van der Waals surface area (Å²) >= 11 is 1.62. The Morgan fingerprint density at radius 2 is 2.04 bits per heavy atom. The molecule has 124 valence electrons. The first-order chi connectivity index (χ1) is 11.5. The summed E-state index contributed by atoms with van der Waals surface area (Å²) in [5, 5.41) is 3.11. The minimum Gasteiger partial charge on any atom is -0.339 e. The van der Waals surface area contributed by atoms with E-state index in [4.69, 9.17) is 0 Å². The SMILES string of the molecule is Cn1cnc(S(=O)(=O)Nc2ccc(C3=CSC4=NCCN34)cc2)c1. The number of rotatable bonds is 4. The first-order valence-corrected chi connectivity index (χ1v) is 9.69. The van der Waals surface area contributed by atoms with Gasteiger partial charge in [0.15, 0.2) is 10.2 Å². The largest absolute Gasteiger partial charge is 0.339 e. The molecule has 1 N–H and O–H groups in total. The van der Waals surface area contributed by atoms with E-state index in [1.807, 2.05) is 12.1 Å². The van der Waals surface area contributed by atoms with Crippen molar-refractivity contribution in [1.82, 2.24) is 14.5 Å². The van der Waals surface area contributed by atoms with Gasteiger partial charge in [-0.2, -0.15) is 8.42 Å². The molecule has 0 aliphatic carbocycles. The maximum absolute atomic E-state index is 12.3. The van der Waals surface area contributed by atoms with Crippen molar-refractivity contribution in [1.29, 1.82) is 0 Å². The zero-order chi connectivity index (χ0) is 16.7. The number of fused-ring (bicyclic) bond motifs is 1. The molecule has 1 aromatic heterocycles. The Morgan fingerprint density at radius 1 is 1.25 bits per heavy atom. The van der Waals surface area contributed by atoms with Crippen LogP contribution in [0.3, 0.4) is 0 Å². The molecule has 0 fully saturated rings. The molecular weight excluding hydrogens is 346 g/mol. The van der Waals surface area contributed by atoms with Crippen molar-refractivity contribution in [3.05, 3.63) is 47.8 Å². The van der Waals surface area contributed by atoms with Gasteiger partial charge in [-0.05, 0) is 17.7 Å². The molecule has 0 radical (unpaired) electrons. The van der Waals surface area contributed by atoms with Crippen molar-refractivity contribution >= 4 is 38.3 Å². The van der Waals surface area contributed by atoms with Crippen LogP contribution in [0.2, 0.25) is 0 Å². The van der Waals surface area contributed by atoms with E-state index in [0.29, 0.717) is 5.69 Å². The lowest BCUT2D eigenvalue weighted by Gasteiger charge is -2.16. The van der Waals surface area contributed by atoms with E-state index in [9.17, 15) is 8.42 Å². The van der Waals surface area contributed by atoms with Crippen LogP contribution < -0.4 is 4.72 Å². The summed E-state index contributed by atoms with van der Waals surface area (Å²) in [6.45, 7) is 1.71. The maximum Gasteiger partial charge on any atom is 0.280 e. The molecule has 2 aromatic rings. The van der Waals surface area contributed by atoms with E-state index >= 15 is 0 Å². The molecule has 0 bridgehead atoms. The fraction of sp³-hybridized carbons (Fsp3) is 0.200. The smallest absolute Gasteiger partial charge is 0.280 e. The number of sulfonamides is 1. The number of hydrogen-bond donors (Lipinski definition) is 1. The molecule has 0 unspecified atom stereocenters. The maximum atomic E-state index is 12.3. The number of nitrogens with zero attached hydrogens (tertiary/aromatic N) is 4. The third-order valence-electron chi connectivity index (χ3n) is 3.76. The van der Waals surface area contributed by atoms with Gasteiger partial charge in [-0.1, -0.05) is 23.9 Å². The van der Waals surface area contributed by atoms with Gasteiger partial charge in [-0.3, -0.25) is 9.71 Å². The van der Waals surface area contributed by atoms with Crippen LogP contribution in [0.15, 0.2) is 52.2 Å². The average molecular weight is 361 g/mol. The van der Waals surface area contributed by atoms with Gasteiger partial charge in [-0.15, -0.1) is 0 Å². The number of aliphatic imine (C=N–C) groups is 1. The second kappa shape index (κ2) is 5.67. The molecule has 0 saturated carbocycles. The summed E-state index contributed by atoms with van der Waals surface area (Å²) in [7, 11) is -1.94. The summed E-state index contributed by atoms with van der Waals surface area (Å²) in [4.78, 5) is 10.5. The molecule has 0 amide bonds. The van der Waals surface area contributed by atoms with E-state index < -0.39 is 10.0 Å². The Balaban J connectivity index is 1.53. The van der Waals surface area contributed by atoms with Crippen molar-refractivity contribution in [2.45, 2.75) is 5.03 Å². The van der Waals surface area contributed by atoms with Gasteiger partial charge >= 0.3 is 0 Å². The first-order valence-electron chi connectivity index (χ1n) is 7.33. The van der Waals surface area contributed by atoms with Crippen LogP contribution in [0.4, 0.5) is 5.69 Å². The topological polar surface area (TPSA) is 79.6 Å². The molecule has 1 aromatic carbocycles. The van der Waals surface area contributed by atoms with Crippen LogP contribution >= 0.6 is 11.8 Å². The summed E-state index contributed by atoms with van der Waals surface area (Å²) in [5.41, 5.74) is 2.65. The molecule has 0 atom stereocenters. The molecule has 7 nitrogen and oxygen atoms in total. The van der Waals surface area contributed by atoms with Crippen LogP contribution in [0.1, 0.15) is 5.56 Å². The molecule has 3 heterocycles. The van der Waals surface area contributed by atoms with Crippen molar-refractivity contribution in [2.75, 3.05) is 17.8 Å². The van der Waals surface area contributed by atoms with Crippen molar-refractivity contribution in [3.8, 4) is 0 Å². The van der Waals surface area contributed by atoms with Crippen LogP contribution in [0.5, 0.6) is 0 Å². The second-order valence-electron chi connectivity index (χ2n) is 5.50. The van der Waals surface area contributed by atoms with Crippen molar-refractivity contribution in [2.24, 2.45) is 12.0 Å². The van der Waals surface area contributed by atoms with Gasteiger partial charge in [0.2, 0.25) is 0 Å². The average Bonchev–Trinajstić information content (AvgIpc) is 3.24. The Hall–Kier alpha value is -2.26. The van der Waals surface area contributed by atoms with Gasteiger partial charge in [0.25, 0.3) is 10.0 Å². The summed E-state index contributed by atoms with van der Waals surface area (Å²) < 4.78 is 28.7. The van der Waals surface area contributed by atoms with Crippen molar-refractivity contribution < 1.29 is 8.42 Å². The highest BCUT2D eigenvalue weighted by Gasteiger charge is 2.27.